The molecule has 0 radical (unpaired) electrons. The van der Waals surface area contributed by atoms with Gasteiger partial charge in [0.1, 0.15) is 5.75 Å². The molecule has 1 aromatic heterocycles. The number of benzene rings is 2. The molecule has 4 rings (SSSR count). The number of amides is 1. The molecule has 1 N–H and O–H groups in total. The predicted molar refractivity (Wildman–Crippen MR) is 122 cm³/mol. The number of nitrogens with zero attached hydrogens (tertiary/aromatic N) is 3. The molecule has 1 amide bonds. The Hall–Kier alpha value is -2.63. The Labute approximate surface area is 188 Å². The fraction of sp³-hybridized carbons (Fsp3) is 0.250. The zero-order valence-corrected chi connectivity index (χ0v) is 19.5. The van der Waals surface area contributed by atoms with Gasteiger partial charge < -0.3 is 4.74 Å². The molecule has 0 bridgehead atoms. The van der Waals surface area contributed by atoms with E-state index < -0.39 is 22.0 Å². The SMILES string of the molecule is CSc1nnc(NC(=O)[C@@H]2CN(S(=O)(=O)c3ccc(C)cc3)c3ccc(C)cc3O2)s1. The Balaban J connectivity index is 1.68. The number of fused-ring (bicyclic) bond motifs is 1. The minimum atomic E-state index is -3.90. The molecule has 1 aliphatic heterocycles. The van der Waals surface area contributed by atoms with Gasteiger partial charge in [-0.2, -0.15) is 0 Å². The molecule has 31 heavy (non-hydrogen) atoms. The third-order valence-corrected chi connectivity index (χ3v) is 8.31. The van der Waals surface area contributed by atoms with Crippen LogP contribution in [-0.4, -0.2) is 43.4 Å². The lowest BCUT2D eigenvalue weighted by Crippen LogP contribution is -2.48. The molecule has 3 aromatic rings. The summed E-state index contributed by atoms with van der Waals surface area (Å²) in [4.78, 5) is 13.0. The van der Waals surface area contributed by atoms with Crippen molar-refractivity contribution in [1.82, 2.24) is 10.2 Å². The molecule has 0 aliphatic carbocycles. The zero-order valence-electron chi connectivity index (χ0n) is 17.0. The normalized spacial score (nSPS) is 15.8. The lowest BCUT2D eigenvalue weighted by Gasteiger charge is -2.34. The van der Waals surface area contributed by atoms with Gasteiger partial charge in [0.15, 0.2) is 10.4 Å². The maximum absolute atomic E-state index is 13.4. The maximum Gasteiger partial charge on any atom is 0.269 e. The topological polar surface area (TPSA) is 101 Å². The molecule has 0 spiro atoms. The van der Waals surface area contributed by atoms with Crippen LogP contribution in [0.4, 0.5) is 10.8 Å². The average molecular weight is 477 g/mol. The zero-order chi connectivity index (χ0) is 22.2. The molecule has 1 aliphatic rings. The van der Waals surface area contributed by atoms with Crippen molar-refractivity contribution in [2.75, 3.05) is 22.4 Å². The van der Waals surface area contributed by atoms with Gasteiger partial charge in [0.05, 0.1) is 17.1 Å². The van der Waals surface area contributed by atoms with Crippen molar-refractivity contribution in [3.05, 3.63) is 53.6 Å². The van der Waals surface area contributed by atoms with Crippen molar-refractivity contribution in [2.24, 2.45) is 0 Å². The molecular weight excluding hydrogens is 456 g/mol. The molecule has 162 valence electrons. The highest BCUT2D eigenvalue weighted by Gasteiger charge is 2.38. The van der Waals surface area contributed by atoms with Crippen molar-refractivity contribution in [2.45, 2.75) is 29.2 Å². The summed E-state index contributed by atoms with van der Waals surface area (Å²) in [6.45, 7) is 3.60. The largest absolute Gasteiger partial charge is 0.476 e. The van der Waals surface area contributed by atoms with E-state index in [1.165, 1.54) is 27.4 Å². The summed E-state index contributed by atoms with van der Waals surface area (Å²) >= 11 is 2.66. The summed E-state index contributed by atoms with van der Waals surface area (Å²) < 4.78 is 34.7. The van der Waals surface area contributed by atoms with E-state index in [4.69, 9.17) is 4.74 Å². The summed E-state index contributed by atoms with van der Waals surface area (Å²) in [6, 6.07) is 11.8. The second-order valence-electron chi connectivity index (χ2n) is 6.99. The summed E-state index contributed by atoms with van der Waals surface area (Å²) in [7, 11) is -3.90. The van der Waals surface area contributed by atoms with Gasteiger partial charge in [0.2, 0.25) is 5.13 Å². The third-order valence-electron chi connectivity index (χ3n) is 4.70. The van der Waals surface area contributed by atoms with E-state index in [9.17, 15) is 13.2 Å². The van der Waals surface area contributed by atoms with Crippen molar-refractivity contribution in [1.29, 1.82) is 0 Å². The van der Waals surface area contributed by atoms with E-state index >= 15 is 0 Å². The number of aromatic nitrogens is 2. The molecule has 8 nitrogen and oxygen atoms in total. The summed E-state index contributed by atoms with van der Waals surface area (Å²) in [5.74, 6) is -0.149. The third kappa shape index (κ3) is 4.39. The monoisotopic (exact) mass is 476 g/mol. The fourth-order valence-corrected chi connectivity index (χ4v) is 5.74. The summed E-state index contributed by atoms with van der Waals surface area (Å²) in [6.07, 6.45) is 0.819. The second kappa shape index (κ2) is 8.48. The Kier molecular flexibility index (Phi) is 5.91. The molecule has 0 saturated heterocycles. The van der Waals surface area contributed by atoms with Crippen LogP contribution in [0.3, 0.4) is 0 Å². The Bertz CT molecular complexity index is 1230. The van der Waals surface area contributed by atoms with Gasteiger partial charge >= 0.3 is 0 Å². The number of sulfonamides is 1. The van der Waals surface area contributed by atoms with Gasteiger partial charge in [-0.15, -0.1) is 10.2 Å². The van der Waals surface area contributed by atoms with E-state index in [1.54, 1.807) is 36.4 Å². The van der Waals surface area contributed by atoms with Crippen LogP contribution in [0.5, 0.6) is 5.75 Å². The molecule has 2 heterocycles. The van der Waals surface area contributed by atoms with Crippen molar-refractivity contribution < 1.29 is 17.9 Å². The lowest BCUT2D eigenvalue weighted by molar-refractivity contribution is -0.122. The van der Waals surface area contributed by atoms with Crippen LogP contribution in [-0.2, 0) is 14.8 Å². The fourth-order valence-electron chi connectivity index (χ4n) is 3.09. The number of rotatable bonds is 5. The van der Waals surface area contributed by atoms with Crippen molar-refractivity contribution in [3.8, 4) is 5.75 Å². The van der Waals surface area contributed by atoms with Crippen molar-refractivity contribution >= 4 is 49.8 Å². The molecule has 11 heteroatoms. The van der Waals surface area contributed by atoms with E-state index in [-0.39, 0.29) is 11.4 Å². The molecule has 2 aromatic carbocycles. The van der Waals surface area contributed by atoms with Gasteiger partial charge in [-0.3, -0.25) is 14.4 Å². The van der Waals surface area contributed by atoms with E-state index in [2.05, 4.69) is 15.5 Å². The van der Waals surface area contributed by atoms with Gasteiger partial charge in [-0.05, 0) is 49.9 Å². The highest BCUT2D eigenvalue weighted by molar-refractivity contribution is 8.00. The van der Waals surface area contributed by atoms with Crippen LogP contribution in [0.1, 0.15) is 11.1 Å². The van der Waals surface area contributed by atoms with E-state index in [0.29, 0.717) is 20.9 Å². The Morgan fingerprint density at radius 2 is 1.87 bits per heavy atom. The number of hydrogen-bond acceptors (Lipinski definition) is 8. The Morgan fingerprint density at radius 1 is 1.16 bits per heavy atom. The first-order valence-electron chi connectivity index (χ1n) is 9.33. The minimum Gasteiger partial charge on any atom is -0.476 e. The van der Waals surface area contributed by atoms with Gasteiger partial charge in [0.25, 0.3) is 15.9 Å². The number of anilines is 2. The number of carbonyl (C=O) groups is 1. The molecule has 0 fully saturated rings. The van der Waals surface area contributed by atoms with Gasteiger partial charge in [-0.1, -0.05) is 46.9 Å². The van der Waals surface area contributed by atoms with Crippen LogP contribution in [0.2, 0.25) is 0 Å². The minimum absolute atomic E-state index is 0.152. The number of hydrogen-bond donors (Lipinski definition) is 1. The summed E-state index contributed by atoms with van der Waals surface area (Å²) in [5.41, 5.74) is 2.24. The average Bonchev–Trinajstić information content (AvgIpc) is 3.20. The van der Waals surface area contributed by atoms with Crippen LogP contribution in [0.25, 0.3) is 0 Å². The number of thioether (sulfide) groups is 1. The maximum atomic E-state index is 13.4. The Morgan fingerprint density at radius 3 is 2.55 bits per heavy atom. The smallest absolute Gasteiger partial charge is 0.269 e. The first-order valence-corrected chi connectivity index (χ1v) is 12.8. The first-order chi connectivity index (χ1) is 14.8. The van der Waals surface area contributed by atoms with Gasteiger partial charge in [-0.25, -0.2) is 8.42 Å². The standard InChI is InChI=1S/C20H20N4O4S3/c1-12-4-7-14(8-5-12)31(26,27)24-11-17(28-16-10-13(2)6-9-15(16)24)18(25)21-19-22-23-20(29-3)30-19/h4-10,17H,11H2,1-3H3,(H,21,22,25)/t17-/m0/s1. The quantitative estimate of drug-likeness (QED) is 0.444. The molecule has 1 atom stereocenters. The molecule has 0 saturated carbocycles. The van der Waals surface area contributed by atoms with Crippen LogP contribution in [0, 0.1) is 13.8 Å². The van der Waals surface area contributed by atoms with Crippen molar-refractivity contribution in [3.63, 3.8) is 0 Å². The predicted octanol–water partition coefficient (Wildman–Crippen LogP) is 3.47. The van der Waals surface area contributed by atoms with Crippen LogP contribution in [0.15, 0.2) is 51.7 Å². The number of ether oxygens (including phenoxy) is 1. The number of nitrogens with one attached hydrogen (secondary N) is 1. The highest BCUT2D eigenvalue weighted by Crippen LogP contribution is 2.38. The lowest BCUT2D eigenvalue weighted by atomic mass is 10.1. The van der Waals surface area contributed by atoms with Gasteiger partial charge in [0, 0.05) is 0 Å². The van der Waals surface area contributed by atoms with Crippen LogP contribution >= 0.6 is 23.1 Å². The van der Waals surface area contributed by atoms with E-state index in [0.717, 1.165) is 11.1 Å². The second-order valence-corrected chi connectivity index (χ2v) is 10.9. The highest BCUT2D eigenvalue weighted by atomic mass is 32.2. The number of carbonyl (C=O) groups excluding carboxylic acids is 1. The van der Waals surface area contributed by atoms with E-state index in [1.807, 2.05) is 26.2 Å². The molecule has 0 unspecified atom stereocenters. The first kappa shape index (κ1) is 21.6. The summed E-state index contributed by atoms with van der Waals surface area (Å²) in [5, 5.41) is 10.9. The molecular formula is C20H20N4O4S3. The van der Waals surface area contributed by atoms with Crippen LogP contribution < -0.4 is 14.4 Å². The number of aryl methyl sites for hydroxylation is 2.